The van der Waals surface area contributed by atoms with Crippen LogP contribution in [0.5, 0.6) is 0 Å². The molecule has 2 amide bonds. The summed E-state index contributed by atoms with van der Waals surface area (Å²) in [7, 11) is 0. The van der Waals surface area contributed by atoms with Crippen molar-refractivity contribution < 1.29 is 28.6 Å². The van der Waals surface area contributed by atoms with E-state index < -0.39 is 29.8 Å². The van der Waals surface area contributed by atoms with Crippen LogP contribution in [0.2, 0.25) is 0 Å². The van der Waals surface area contributed by atoms with Crippen molar-refractivity contribution in [2.24, 2.45) is 0 Å². The van der Waals surface area contributed by atoms with Crippen molar-refractivity contribution in [3.63, 3.8) is 0 Å². The van der Waals surface area contributed by atoms with E-state index in [2.05, 4.69) is 29.3 Å². The van der Waals surface area contributed by atoms with Crippen LogP contribution < -0.4 is 10.6 Å². The molecule has 2 aromatic rings. The number of carbonyl (C=O) groups is 3. The molecule has 8 nitrogen and oxygen atoms in total. The van der Waals surface area contributed by atoms with Crippen molar-refractivity contribution in [1.29, 1.82) is 0 Å². The van der Waals surface area contributed by atoms with Crippen LogP contribution in [0.3, 0.4) is 0 Å². The summed E-state index contributed by atoms with van der Waals surface area (Å²) in [5, 5.41) is 5.33. The van der Waals surface area contributed by atoms with E-state index in [4.69, 9.17) is 14.2 Å². The van der Waals surface area contributed by atoms with Crippen LogP contribution in [0.1, 0.15) is 57.1 Å². The second kappa shape index (κ2) is 12.9. The number of rotatable bonds is 11. The number of esters is 1. The summed E-state index contributed by atoms with van der Waals surface area (Å²) in [4.78, 5) is 37.0. The fourth-order valence-corrected chi connectivity index (χ4v) is 4.25. The summed E-state index contributed by atoms with van der Waals surface area (Å²) >= 11 is 0. The molecule has 3 rings (SSSR count). The number of hydrogen-bond acceptors (Lipinski definition) is 6. The molecule has 2 N–H and O–H groups in total. The zero-order chi connectivity index (χ0) is 26.8. The van der Waals surface area contributed by atoms with E-state index in [1.807, 2.05) is 36.4 Å². The zero-order valence-electron chi connectivity index (χ0n) is 21.8. The maximum Gasteiger partial charge on any atom is 0.407 e. The lowest BCUT2D eigenvalue weighted by Crippen LogP contribution is -2.42. The predicted octanol–water partition coefficient (Wildman–Crippen LogP) is 5.32. The van der Waals surface area contributed by atoms with Crippen molar-refractivity contribution in [2.75, 3.05) is 19.8 Å². The van der Waals surface area contributed by atoms with Gasteiger partial charge < -0.3 is 24.8 Å². The standard InChI is InChI=1S/C29H36N2O6/c1-5-18-35-26(32)25(16-10-11-17-30-27(33)37-29(2,3)4)31-28(34)36-19-24-22-14-8-6-12-20(22)21-13-7-9-15-23(21)24/h5-9,12-15,24-25H,1,10-11,16-19H2,2-4H3,(H,30,33)(H,31,34)/t25-/m0/s1. The summed E-state index contributed by atoms with van der Waals surface area (Å²) in [6.07, 6.45) is 1.77. The van der Waals surface area contributed by atoms with E-state index in [0.717, 1.165) is 22.3 Å². The largest absolute Gasteiger partial charge is 0.460 e. The molecule has 0 radical (unpaired) electrons. The van der Waals surface area contributed by atoms with Crippen LogP contribution >= 0.6 is 0 Å². The Morgan fingerprint density at radius 1 is 0.946 bits per heavy atom. The Balaban J connectivity index is 1.52. The Morgan fingerprint density at radius 3 is 2.16 bits per heavy atom. The Morgan fingerprint density at radius 2 is 1.57 bits per heavy atom. The monoisotopic (exact) mass is 508 g/mol. The maximum absolute atomic E-state index is 12.7. The lowest BCUT2D eigenvalue weighted by Gasteiger charge is -2.20. The first-order chi connectivity index (χ1) is 17.7. The number of nitrogens with one attached hydrogen (secondary N) is 2. The molecule has 0 heterocycles. The topological polar surface area (TPSA) is 103 Å². The van der Waals surface area contributed by atoms with E-state index in [9.17, 15) is 14.4 Å². The van der Waals surface area contributed by atoms with Crippen molar-refractivity contribution in [3.05, 3.63) is 72.3 Å². The second-order valence-corrected chi connectivity index (χ2v) is 9.87. The molecule has 0 aliphatic heterocycles. The number of benzene rings is 2. The van der Waals surface area contributed by atoms with Gasteiger partial charge in [0, 0.05) is 12.5 Å². The molecule has 2 aromatic carbocycles. The molecule has 1 aliphatic carbocycles. The van der Waals surface area contributed by atoms with E-state index in [1.165, 1.54) is 6.08 Å². The Hall–Kier alpha value is -3.81. The Bertz CT molecular complexity index is 1060. The van der Waals surface area contributed by atoms with Crippen LogP contribution in [0.15, 0.2) is 61.2 Å². The fraction of sp³-hybridized carbons (Fsp3) is 0.414. The first-order valence-corrected chi connectivity index (χ1v) is 12.6. The zero-order valence-corrected chi connectivity index (χ0v) is 21.8. The van der Waals surface area contributed by atoms with Gasteiger partial charge in [-0.05, 0) is 62.3 Å². The minimum absolute atomic E-state index is 0.0436. The third kappa shape index (κ3) is 8.10. The number of carbonyl (C=O) groups excluding carboxylic acids is 3. The average molecular weight is 509 g/mol. The highest BCUT2D eigenvalue weighted by Gasteiger charge is 2.30. The molecule has 0 fully saturated rings. The highest BCUT2D eigenvalue weighted by Crippen LogP contribution is 2.44. The minimum atomic E-state index is -0.878. The van der Waals surface area contributed by atoms with Crippen molar-refractivity contribution in [1.82, 2.24) is 10.6 Å². The number of amides is 2. The molecule has 198 valence electrons. The van der Waals surface area contributed by atoms with Gasteiger partial charge in [0.15, 0.2) is 0 Å². The molecular weight excluding hydrogens is 472 g/mol. The molecule has 37 heavy (non-hydrogen) atoms. The highest BCUT2D eigenvalue weighted by atomic mass is 16.6. The van der Waals surface area contributed by atoms with Crippen LogP contribution in [0, 0.1) is 0 Å². The van der Waals surface area contributed by atoms with Gasteiger partial charge in [-0.3, -0.25) is 0 Å². The van der Waals surface area contributed by atoms with Gasteiger partial charge >= 0.3 is 18.2 Å². The molecule has 8 heteroatoms. The summed E-state index contributed by atoms with van der Waals surface area (Å²) in [6.45, 7) is 9.50. The van der Waals surface area contributed by atoms with Crippen molar-refractivity contribution in [3.8, 4) is 11.1 Å². The summed E-state index contributed by atoms with van der Waals surface area (Å²) < 4.78 is 15.9. The lowest BCUT2D eigenvalue weighted by molar-refractivity contribution is -0.145. The molecule has 1 atom stereocenters. The van der Waals surface area contributed by atoms with Crippen LogP contribution in [-0.4, -0.2) is 49.6 Å². The van der Waals surface area contributed by atoms with Gasteiger partial charge in [-0.1, -0.05) is 61.2 Å². The fourth-order valence-electron chi connectivity index (χ4n) is 4.25. The number of ether oxygens (including phenoxy) is 3. The summed E-state index contributed by atoms with van der Waals surface area (Å²) in [5.41, 5.74) is 3.92. The lowest BCUT2D eigenvalue weighted by atomic mass is 9.98. The van der Waals surface area contributed by atoms with E-state index >= 15 is 0 Å². The third-order valence-corrected chi connectivity index (χ3v) is 5.85. The quantitative estimate of drug-likeness (QED) is 0.184. The molecule has 0 aromatic heterocycles. The molecule has 0 saturated carbocycles. The molecule has 0 spiro atoms. The third-order valence-electron chi connectivity index (χ3n) is 5.85. The van der Waals surface area contributed by atoms with Gasteiger partial charge in [0.2, 0.25) is 0 Å². The second-order valence-electron chi connectivity index (χ2n) is 9.87. The Kier molecular flexibility index (Phi) is 9.71. The number of fused-ring (bicyclic) bond motifs is 3. The normalized spacial score (nSPS) is 13.1. The first kappa shape index (κ1) is 27.8. The van der Waals surface area contributed by atoms with E-state index in [1.54, 1.807) is 20.8 Å². The minimum Gasteiger partial charge on any atom is -0.460 e. The number of unbranched alkanes of at least 4 members (excludes halogenated alkanes) is 1. The average Bonchev–Trinajstić information content (AvgIpc) is 3.17. The number of alkyl carbamates (subject to hydrolysis) is 2. The van der Waals surface area contributed by atoms with Gasteiger partial charge in [-0.25, -0.2) is 14.4 Å². The molecule has 0 bridgehead atoms. The molecule has 1 aliphatic rings. The summed E-state index contributed by atoms with van der Waals surface area (Å²) in [6, 6.07) is 15.3. The van der Waals surface area contributed by atoms with Crippen LogP contribution in [-0.2, 0) is 19.0 Å². The smallest absolute Gasteiger partial charge is 0.407 e. The van der Waals surface area contributed by atoms with E-state index in [-0.39, 0.29) is 19.1 Å². The maximum atomic E-state index is 12.7. The Labute approximate surface area is 218 Å². The van der Waals surface area contributed by atoms with E-state index in [0.29, 0.717) is 25.8 Å². The summed E-state index contributed by atoms with van der Waals surface area (Å²) in [5.74, 6) is -0.642. The van der Waals surface area contributed by atoms with Crippen molar-refractivity contribution in [2.45, 2.75) is 57.6 Å². The first-order valence-electron chi connectivity index (χ1n) is 12.6. The van der Waals surface area contributed by atoms with Crippen molar-refractivity contribution >= 4 is 18.2 Å². The van der Waals surface area contributed by atoms with Gasteiger partial charge in [0.25, 0.3) is 0 Å². The van der Waals surface area contributed by atoms with Crippen LogP contribution in [0.4, 0.5) is 9.59 Å². The highest BCUT2D eigenvalue weighted by molar-refractivity contribution is 5.82. The van der Waals surface area contributed by atoms with Gasteiger partial charge in [0.05, 0.1) is 0 Å². The molecule has 0 saturated heterocycles. The molecule has 0 unspecified atom stereocenters. The van der Waals surface area contributed by atoms with Gasteiger partial charge in [-0.15, -0.1) is 0 Å². The van der Waals surface area contributed by atoms with Gasteiger partial charge in [-0.2, -0.15) is 0 Å². The number of hydrogen-bond donors (Lipinski definition) is 2. The van der Waals surface area contributed by atoms with Crippen LogP contribution in [0.25, 0.3) is 11.1 Å². The van der Waals surface area contributed by atoms with Gasteiger partial charge in [0.1, 0.15) is 24.9 Å². The SMILES string of the molecule is C=CCOC(=O)[C@H](CCCCNC(=O)OC(C)(C)C)NC(=O)OCC1c2ccccc2-c2ccccc21. The molecular formula is C29H36N2O6. The predicted molar refractivity (Wildman–Crippen MR) is 141 cm³/mol.